The van der Waals surface area contributed by atoms with Crippen LogP contribution in [-0.4, -0.2) is 39.4 Å². The first-order valence-electron chi connectivity index (χ1n) is 10.6. The van der Waals surface area contributed by atoms with E-state index in [1.165, 1.54) is 18.0 Å². The van der Waals surface area contributed by atoms with Crippen molar-refractivity contribution in [2.45, 2.75) is 5.16 Å². The average molecular weight is 483 g/mol. The molecular formula is C25H18N6O3S. The molecule has 0 saturated carbocycles. The van der Waals surface area contributed by atoms with Gasteiger partial charge in [0.1, 0.15) is 0 Å². The number of thioether (sulfide) groups is 1. The minimum Gasteiger partial charge on any atom is -0.454 e. The number of nitrogens with zero attached hydrogens (tertiary/aromatic N) is 5. The predicted octanol–water partition coefficient (Wildman–Crippen LogP) is 3.78. The molecule has 172 valence electrons. The molecule has 4 aromatic rings. The maximum Gasteiger partial charge on any atom is 0.250 e. The van der Waals surface area contributed by atoms with Crippen LogP contribution in [0.15, 0.2) is 83.1 Å². The van der Waals surface area contributed by atoms with Crippen LogP contribution in [0.4, 0.5) is 0 Å². The van der Waals surface area contributed by atoms with Crippen molar-refractivity contribution in [3.8, 4) is 34.6 Å². The number of aromatic nitrogens is 3. The highest BCUT2D eigenvalue weighted by Crippen LogP contribution is 2.37. The van der Waals surface area contributed by atoms with Crippen molar-refractivity contribution in [1.29, 1.82) is 5.26 Å². The molecule has 0 fully saturated rings. The number of nitriles is 1. The average Bonchev–Trinajstić information content (AvgIpc) is 3.55. The summed E-state index contributed by atoms with van der Waals surface area (Å²) in [5.41, 5.74) is 5.26. The highest BCUT2D eigenvalue weighted by molar-refractivity contribution is 7.99. The fraction of sp³-hybridized carbons (Fsp3) is 0.0800. The lowest BCUT2D eigenvalue weighted by Crippen LogP contribution is -2.20. The Hall–Kier alpha value is -4.62. The van der Waals surface area contributed by atoms with E-state index in [1.807, 2.05) is 53.1 Å². The van der Waals surface area contributed by atoms with Crippen LogP contribution in [0.1, 0.15) is 11.1 Å². The number of carbonyl (C=O) groups is 1. The SMILES string of the molecule is N#Cc1ccccc1/C=N/NC(=O)CSc1nnc(-c2ccc3c(c2)OCO3)n1-c1ccccc1. The van der Waals surface area contributed by atoms with Crippen molar-refractivity contribution in [2.24, 2.45) is 5.10 Å². The van der Waals surface area contributed by atoms with Crippen LogP contribution in [0.3, 0.4) is 0 Å². The van der Waals surface area contributed by atoms with E-state index in [-0.39, 0.29) is 18.5 Å². The lowest BCUT2D eigenvalue weighted by molar-refractivity contribution is -0.118. The third-order valence-corrected chi connectivity index (χ3v) is 6.01. The largest absolute Gasteiger partial charge is 0.454 e. The van der Waals surface area contributed by atoms with E-state index in [2.05, 4.69) is 26.8 Å². The van der Waals surface area contributed by atoms with E-state index in [4.69, 9.17) is 14.7 Å². The Morgan fingerprint density at radius 2 is 1.89 bits per heavy atom. The highest BCUT2D eigenvalue weighted by atomic mass is 32.2. The molecule has 1 N–H and O–H groups in total. The Morgan fingerprint density at radius 3 is 2.74 bits per heavy atom. The quantitative estimate of drug-likeness (QED) is 0.242. The van der Waals surface area contributed by atoms with Crippen LogP contribution in [0.25, 0.3) is 17.1 Å². The number of rotatable bonds is 7. The van der Waals surface area contributed by atoms with Gasteiger partial charge in [-0.3, -0.25) is 9.36 Å². The van der Waals surface area contributed by atoms with Gasteiger partial charge >= 0.3 is 0 Å². The maximum atomic E-state index is 12.4. The number of amides is 1. The van der Waals surface area contributed by atoms with Gasteiger partial charge in [-0.15, -0.1) is 10.2 Å². The van der Waals surface area contributed by atoms with Crippen LogP contribution >= 0.6 is 11.8 Å². The molecule has 1 aromatic heterocycles. The van der Waals surface area contributed by atoms with Crippen molar-refractivity contribution in [2.75, 3.05) is 12.5 Å². The van der Waals surface area contributed by atoms with Gasteiger partial charge in [0.2, 0.25) is 6.79 Å². The monoisotopic (exact) mass is 482 g/mol. The normalized spacial score (nSPS) is 12.0. The molecule has 0 bridgehead atoms. The Labute approximate surface area is 205 Å². The van der Waals surface area contributed by atoms with Crippen LogP contribution in [-0.2, 0) is 4.79 Å². The van der Waals surface area contributed by atoms with E-state index in [0.29, 0.717) is 33.6 Å². The number of hydrogen-bond acceptors (Lipinski definition) is 8. The molecule has 1 aliphatic rings. The number of carbonyl (C=O) groups excluding carboxylic acids is 1. The van der Waals surface area contributed by atoms with Crippen molar-refractivity contribution < 1.29 is 14.3 Å². The Kier molecular flexibility index (Phi) is 6.41. The number of nitrogens with one attached hydrogen (secondary N) is 1. The zero-order chi connectivity index (χ0) is 24.0. The van der Waals surface area contributed by atoms with Crippen LogP contribution in [0.2, 0.25) is 0 Å². The van der Waals surface area contributed by atoms with Crippen LogP contribution < -0.4 is 14.9 Å². The number of benzene rings is 3. The standard InChI is InChI=1S/C25H18N6O3S/c26-13-18-6-4-5-7-19(18)14-27-28-23(32)15-35-25-30-29-24(31(25)20-8-2-1-3-9-20)17-10-11-21-22(12-17)34-16-33-21/h1-12,14H,15-16H2,(H,28,32)/b27-14+. The Bertz CT molecular complexity index is 1450. The molecule has 0 saturated heterocycles. The van der Waals surface area contributed by atoms with E-state index in [0.717, 1.165) is 11.3 Å². The topological polar surface area (TPSA) is 114 Å². The summed E-state index contributed by atoms with van der Waals surface area (Å²) in [7, 11) is 0. The molecule has 0 aliphatic carbocycles. The van der Waals surface area contributed by atoms with Gasteiger partial charge in [0.25, 0.3) is 5.91 Å². The van der Waals surface area contributed by atoms with Gasteiger partial charge in [-0.2, -0.15) is 10.4 Å². The molecule has 0 spiro atoms. The van der Waals surface area contributed by atoms with Crippen molar-refractivity contribution >= 4 is 23.9 Å². The summed E-state index contributed by atoms with van der Waals surface area (Å²) in [6.07, 6.45) is 1.45. The molecule has 2 heterocycles. The van der Waals surface area contributed by atoms with Crippen LogP contribution in [0.5, 0.6) is 11.5 Å². The zero-order valence-corrected chi connectivity index (χ0v) is 19.1. The number of para-hydroxylation sites is 1. The first kappa shape index (κ1) is 22.2. The molecule has 9 nitrogen and oxygen atoms in total. The van der Waals surface area contributed by atoms with Crippen molar-refractivity contribution in [3.63, 3.8) is 0 Å². The van der Waals surface area contributed by atoms with Crippen LogP contribution in [0, 0.1) is 11.3 Å². The predicted molar refractivity (Wildman–Crippen MR) is 131 cm³/mol. The molecule has 35 heavy (non-hydrogen) atoms. The van der Waals surface area contributed by atoms with Gasteiger partial charge in [-0.1, -0.05) is 48.2 Å². The van der Waals surface area contributed by atoms with Crippen molar-refractivity contribution in [3.05, 3.63) is 83.9 Å². The van der Waals surface area contributed by atoms with Crippen molar-refractivity contribution in [1.82, 2.24) is 20.2 Å². The van der Waals surface area contributed by atoms with E-state index < -0.39 is 0 Å². The molecule has 0 atom stereocenters. The van der Waals surface area contributed by atoms with E-state index >= 15 is 0 Å². The summed E-state index contributed by atoms with van der Waals surface area (Å²) in [5, 5.41) is 22.4. The summed E-state index contributed by atoms with van der Waals surface area (Å²) in [5.74, 6) is 1.71. The minimum absolute atomic E-state index is 0.0728. The minimum atomic E-state index is -0.312. The summed E-state index contributed by atoms with van der Waals surface area (Å²) >= 11 is 1.24. The molecule has 3 aromatic carbocycles. The lowest BCUT2D eigenvalue weighted by atomic mass is 10.1. The molecule has 10 heteroatoms. The molecule has 0 unspecified atom stereocenters. The second-order valence-corrected chi connectivity index (χ2v) is 8.27. The van der Waals surface area contributed by atoms with E-state index in [1.54, 1.807) is 24.3 Å². The fourth-order valence-corrected chi connectivity index (χ4v) is 4.19. The molecular weight excluding hydrogens is 464 g/mol. The summed E-state index contributed by atoms with van der Waals surface area (Å²) < 4.78 is 12.8. The summed E-state index contributed by atoms with van der Waals surface area (Å²) in [4.78, 5) is 12.4. The molecule has 5 rings (SSSR count). The molecule has 1 amide bonds. The number of hydrogen-bond donors (Lipinski definition) is 1. The summed E-state index contributed by atoms with van der Waals surface area (Å²) in [6, 6.07) is 24.4. The number of hydrazone groups is 1. The second kappa shape index (κ2) is 10.1. The van der Waals surface area contributed by atoms with Gasteiger partial charge in [-0.25, -0.2) is 5.43 Å². The van der Waals surface area contributed by atoms with E-state index in [9.17, 15) is 4.79 Å². The first-order chi connectivity index (χ1) is 17.2. The zero-order valence-electron chi connectivity index (χ0n) is 18.3. The van der Waals surface area contributed by atoms with Gasteiger partial charge in [0, 0.05) is 16.8 Å². The van der Waals surface area contributed by atoms with Gasteiger partial charge < -0.3 is 9.47 Å². The number of ether oxygens (including phenoxy) is 2. The highest BCUT2D eigenvalue weighted by Gasteiger charge is 2.20. The van der Waals surface area contributed by atoms with Gasteiger partial charge in [-0.05, 0) is 36.4 Å². The lowest BCUT2D eigenvalue weighted by Gasteiger charge is -2.10. The number of fused-ring (bicyclic) bond motifs is 1. The Balaban J connectivity index is 1.34. The fourth-order valence-electron chi connectivity index (χ4n) is 3.44. The van der Waals surface area contributed by atoms with Gasteiger partial charge in [0.05, 0.1) is 23.6 Å². The third-order valence-electron chi connectivity index (χ3n) is 5.09. The first-order valence-corrected chi connectivity index (χ1v) is 11.6. The second-order valence-electron chi connectivity index (χ2n) is 7.33. The summed E-state index contributed by atoms with van der Waals surface area (Å²) in [6.45, 7) is 0.185. The Morgan fingerprint density at radius 1 is 1.09 bits per heavy atom. The third kappa shape index (κ3) is 4.85. The molecule has 1 aliphatic heterocycles. The van der Waals surface area contributed by atoms with Gasteiger partial charge in [0.15, 0.2) is 22.5 Å². The molecule has 0 radical (unpaired) electrons. The smallest absolute Gasteiger partial charge is 0.250 e. The maximum absolute atomic E-state index is 12.4.